The lowest BCUT2D eigenvalue weighted by atomic mass is 9.79. The normalized spacial score (nSPS) is 26.2. The zero-order chi connectivity index (χ0) is 14.8. The van der Waals surface area contributed by atoms with Gasteiger partial charge in [-0.15, -0.1) is 0 Å². The van der Waals surface area contributed by atoms with Gasteiger partial charge in [0.05, 0.1) is 11.5 Å². The van der Waals surface area contributed by atoms with Crippen molar-refractivity contribution >= 4 is 5.97 Å². The smallest absolute Gasteiger partial charge is 0.306 e. The van der Waals surface area contributed by atoms with E-state index in [-0.39, 0.29) is 12.5 Å². The molecule has 1 aromatic rings. The van der Waals surface area contributed by atoms with Crippen LogP contribution in [0.15, 0.2) is 18.2 Å². The summed E-state index contributed by atoms with van der Waals surface area (Å²) in [5.41, 5.74) is 1.46. The number of hydrogen-bond donors (Lipinski definition) is 2. The molecule has 0 unspecified atom stereocenters. The summed E-state index contributed by atoms with van der Waals surface area (Å²) in [7, 11) is 0. The minimum Gasteiger partial charge on any atom is -0.491 e. The van der Waals surface area contributed by atoms with Gasteiger partial charge < -0.3 is 14.9 Å². The molecule has 2 N–H and O–H groups in total. The Hall–Kier alpha value is -1.55. The summed E-state index contributed by atoms with van der Waals surface area (Å²) in [6.45, 7) is 4.29. The molecule has 0 aliphatic heterocycles. The molecule has 0 radical (unpaired) electrons. The highest BCUT2D eigenvalue weighted by molar-refractivity contribution is 5.70. The number of rotatable bonds is 4. The Morgan fingerprint density at radius 3 is 2.50 bits per heavy atom. The molecule has 2 rings (SSSR count). The van der Waals surface area contributed by atoms with Crippen molar-refractivity contribution in [1.82, 2.24) is 0 Å². The van der Waals surface area contributed by atoms with Crippen LogP contribution in [0.1, 0.15) is 36.8 Å². The van der Waals surface area contributed by atoms with Crippen LogP contribution < -0.4 is 4.74 Å². The van der Waals surface area contributed by atoms with Crippen LogP contribution in [0.3, 0.4) is 0 Å². The van der Waals surface area contributed by atoms with Crippen molar-refractivity contribution in [3.05, 3.63) is 29.3 Å². The van der Waals surface area contributed by atoms with E-state index in [4.69, 9.17) is 9.84 Å². The minimum atomic E-state index is -0.898. The number of hydrogen-bond acceptors (Lipinski definition) is 3. The van der Waals surface area contributed by atoms with Crippen LogP contribution in [-0.4, -0.2) is 28.4 Å². The average Bonchev–Trinajstić information content (AvgIpc) is 2.41. The van der Waals surface area contributed by atoms with E-state index >= 15 is 0 Å². The molecule has 0 bridgehead atoms. The highest BCUT2D eigenvalue weighted by Crippen LogP contribution is 2.33. The zero-order valence-corrected chi connectivity index (χ0v) is 12.1. The van der Waals surface area contributed by atoms with E-state index in [9.17, 15) is 9.90 Å². The molecule has 20 heavy (non-hydrogen) atoms. The fourth-order valence-corrected chi connectivity index (χ4v) is 2.57. The highest BCUT2D eigenvalue weighted by Gasteiger charge is 2.36. The SMILES string of the molecule is Cc1ccc(OCC2(O)CCC(C(=O)O)CC2)cc1C. The van der Waals surface area contributed by atoms with Gasteiger partial charge in [0.15, 0.2) is 0 Å². The first-order valence-corrected chi connectivity index (χ1v) is 7.05. The summed E-state index contributed by atoms with van der Waals surface area (Å²) >= 11 is 0. The number of aliphatic hydroxyl groups is 1. The average molecular weight is 278 g/mol. The lowest BCUT2D eigenvalue weighted by molar-refractivity contribution is -0.145. The van der Waals surface area contributed by atoms with Gasteiger partial charge >= 0.3 is 5.97 Å². The third kappa shape index (κ3) is 3.51. The van der Waals surface area contributed by atoms with Gasteiger partial charge in [-0.25, -0.2) is 0 Å². The topological polar surface area (TPSA) is 66.8 Å². The first-order valence-electron chi connectivity index (χ1n) is 7.05. The molecule has 1 fully saturated rings. The fourth-order valence-electron chi connectivity index (χ4n) is 2.57. The third-order valence-corrected chi connectivity index (χ3v) is 4.25. The minimum absolute atomic E-state index is 0.224. The van der Waals surface area contributed by atoms with Crippen molar-refractivity contribution < 1.29 is 19.7 Å². The molecule has 0 amide bonds. The fraction of sp³-hybridized carbons (Fsp3) is 0.562. The van der Waals surface area contributed by atoms with Crippen molar-refractivity contribution in [3.63, 3.8) is 0 Å². The van der Waals surface area contributed by atoms with Crippen molar-refractivity contribution in [1.29, 1.82) is 0 Å². The van der Waals surface area contributed by atoms with Crippen LogP contribution in [0.4, 0.5) is 0 Å². The number of aryl methyl sites for hydroxylation is 2. The molecule has 0 atom stereocenters. The standard InChI is InChI=1S/C16H22O4/c1-11-3-4-14(9-12(11)2)20-10-16(19)7-5-13(6-8-16)15(17)18/h3-4,9,13,19H,5-8,10H2,1-2H3,(H,17,18). The number of carbonyl (C=O) groups is 1. The summed E-state index contributed by atoms with van der Waals surface area (Å²) in [6.07, 6.45) is 1.99. The van der Waals surface area contributed by atoms with Crippen LogP contribution >= 0.6 is 0 Å². The van der Waals surface area contributed by atoms with Crippen LogP contribution in [0.5, 0.6) is 5.75 Å². The molecule has 4 nitrogen and oxygen atoms in total. The lowest BCUT2D eigenvalue weighted by Crippen LogP contribution is -2.41. The number of ether oxygens (including phenoxy) is 1. The van der Waals surface area contributed by atoms with E-state index in [0.717, 1.165) is 11.3 Å². The summed E-state index contributed by atoms with van der Waals surface area (Å²) in [4.78, 5) is 10.9. The van der Waals surface area contributed by atoms with Crippen molar-refractivity contribution in [2.45, 2.75) is 45.1 Å². The molecule has 1 saturated carbocycles. The quantitative estimate of drug-likeness (QED) is 0.888. The van der Waals surface area contributed by atoms with Crippen molar-refractivity contribution in [2.24, 2.45) is 5.92 Å². The second-order valence-electron chi connectivity index (χ2n) is 5.87. The van der Waals surface area contributed by atoms with E-state index in [0.29, 0.717) is 25.7 Å². The zero-order valence-electron chi connectivity index (χ0n) is 12.1. The van der Waals surface area contributed by atoms with Gasteiger partial charge in [-0.1, -0.05) is 6.07 Å². The first-order chi connectivity index (χ1) is 9.39. The van der Waals surface area contributed by atoms with Crippen LogP contribution in [0, 0.1) is 19.8 Å². The Balaban J connectivity index is 1.90. The van der Waals surface area contributed by atoms with E-state index in [2.05, 4.69) is 0 Å². The number of aliphatic carboxylic acids is 1. The summed E-state index contributed by atoms with van der Waals surface area (Å²) in [6, 6.07) is 5.85. The van der Waals surface area contributed by atoms with Gasteiger partial charge in [0, 0.05) is 0 Å². The monoisotopic (exact) mass is 278 g/mol. The Labute approximate surface area is 119 Å². The molecule has 0 aromatic heterocycles. The Bertz CT molecular complexity index is 487. The van der Waals surface area contributed by atoms with E-state index < -0.39 is 11.6 Å². The van der Waals surface area contributed by atoms with Crippen molar-refractivity contribution in [3.8, 4) is 5.75 Å². The largest absolute Gasteiger partial charge is 0.491 e. The van der Waals surface area contributed by atoms with Crippen molar-refractivity contribution in [2.75, 3.05) is 6.61 Å². The predicted molar refractivity (Wildman–Crippen MR) is 76.0 cm³/mol. The van der Waals surface area contributed by atoms with Gasteiger partial charge in [0.2, 0.25) is 0 Å². The van der Waals surface area contributed by atoms with E-state index in [1.54, 1.807) is 0 Å². The molecule has 1 aromatic carbocycles. The Kier molecular flexibility index (Phi) is 4.33. The Morgan fingerprint density at radius 2 is 1.95 bits per heavy atom. The molecule has 1 aliphatic carbocycles. The summed E-state index contributed by atoms with van der Waals surface area (Å²) < 4.78 is 5.68. The summed E-state index contributed by atoms with van der Waals surface area (Å²) in [5.74, 6) is -0.332. The molecule has 0 spiro atoms. The van der Waals surface area contributed by atoms with Gasteiger partial charge in [-0.3, -0.25) is 4.79 Å². The van der Waals surface area contributed by atoms with Gasteiger partial charge in [0.1, 0.15) is 12.4 Å². The molecular formula is C16H22O4. The molecule has 4 heteroatoms. The number of benzene rings is 1. The van der Waals surface area contributed by atoms with Crippen LogP contribution in [-0.2, 0) is 4.79 Å². The molecule has 110 valence electrons. The first kappa shape index (κ1) is 14.9. The van der Waals surface area contributed by atoms with Crippen LogP contribution in [0.2, 0.25) is 0 Å². The second-order valence-corrected chi connectivity index (χ2v) is 5.87. The Morgan fingerprint density at radius 1 is 1.30 bits per heavy atom. The molecular weight excluding hydrogens is 256 g/mol. The second kappa shape index (κ2) is 5.83. The molecule has 0 saturated heterocycles. The lowest BCUT2D eigenvalue weighted by Gasteiger charge is -2.34. The highest BCUT2D eigenvalue weighted by atomic mass is 16.5. The number of carboxylic acids is 1. The maximum absolute atomic E-state index is 10.9. The van der Waals surface area contributed by atoms with Gasteiger partial charge in [0.25, 0.3) is 0 Å². The number of carboxylic acid groups (broad SMARTS) is 1. The predicted octanol–water partition coefficient (Wildman–Crippen LogP) is 2.69. The van der Waals surface area contributed by atoms with Crippen LogP contribution in [0.25, 0.3) is 0 Å². The van der Waals surface area contributed by atoms with E-state index in [1.807, 2.05) is 32.0 Å². The van der Waals surface area contributed by atoms with Gasteiger partial charge in [-0.2, -0.15) is 0 Å². The van der Waals surface area contributed by atoms with E-state index in [1.165, 1.54) is 5.56 Å². The van der Waals surface area contributed by atoms with Gasteiger partial charge in [-0.05, 0) is 62.8 Å². The summed E-state index contributed by atoms with van der Waals surface area (Å²) in [5, 5.41) is 19.4. The maximum Gasteiger partial charge on any atom is 0.306 e. The molecule has 0 heterocycles. The maximum atomic E-state index is 10.9. The molecule has 1 aliphatic rings. The third-order valence-electron chi connectivity index (χ3n) is 4.25.